The summed E-state index contributed by atoms with van der Waals surface area (Å²) < 4.78 is 19.0. The number of rotatable bonds is 4. The number of hydrogen-bond acceptors (Lipinski definition) is 1. The van der Waals surface area contributed by atoms with Crippen molar-refractivity contribution >= 4 is 11.6 Å². The largest absolute Gasteiger partial charge is 0.497 e. The Kier molecular flexibility index (Phi) is 4.23. The van der Waals surface area contributed by atoms with Gasteiger partial charge < -0.3 is 4.74 Å². The zero-order valence-corrected chi connectivity index (χ0v) is 11.4. The summed E-state index contributed by atoms with van der Waals surface area (Å²) in [7, 11) is 0. The van der Waals surface area contributed by atoms with Crippen LogP contribution in [0.2, 0.25) is 5.02 Å². The van der Waals surface area contributed by atoms with Gasteiger partial charge in [-0.3, -0.25) is 0 Å². The Hall–Kier alpha value is -1.80. The maximum Gasteiger partial charge on any atom is 0.131 e. The summed E-state index contributed by atoms with van der Waals surface area (Å²) >= 11 is 6.38. The van der Waals surface area contributed by atoms with Gasteiger partial charge in [0.2, 0.25) is 0 Å². The van der Waals surface area contributed by atoms with Crippen LogP contribution in [0.3, 0.4) is 0 Å². The molecule has 0 bridgehead atoms. The van der Waals surface area contributed by atoms with Gasteiger partial charge in [-0.05, 0) is 18.6 Å². The van der Waals surface area contributed by atoms with E-state index in [0.29, 0.717) is 22.8 Å². The summed E-state index contributed by atoms with van der Waals surface area (Å²) in [5.74, 6) is -0.288. The van der Waals surface area contributed by atoms with Gasteiger partial charge in [0.1, 0.15) is 12.4 Å². The summed E-state index contributed by atoms with van der Waals surface area (Å²) in [6.07, 6.45) is 1.37. The first-order valence-electron chi connectivity index (χ1n) is 5.90. The standard InChI is InChI=1S/C16H14ClFO/c1-3-19-10-14-11(2)8-9-13(16(14)17)12-6-4-5-7-15(12)18/h3-9H,1,10H2,2H3. The molecule has 0 N–H and O–H groups in total. The molecule has 0 radical (unpaired) electrons. The maximum atomic E-state index is 13.8. The molecule has 0 heterocycles. The molecule has 0 saturated carbocycles. The summed E-state index contributed by atoms with van der Waals surface area (Å²) in [6, 6.07) is 10.3. The molecule has 2 aromatic rings. The molecular formula is C16H14ClFO. The van der Waals surface area contributed by atoms with E-state index in [1.54, 1.807) is 18.2 Å². The Morgan fingerprint density at radius 2 is 1.95 bits per heavy atom. The molecule has 2 aromatic carbocycles. The lowest BCUT2D eigenvalue weighted by Crippen LogP contribution is -1.95. The van der Waals surface area contributed by atoms with Gasteiger partial charge in [-0.1, -0.05) is 48.5 Å². The first-order chi connectivity index (χ1) is 9.15. The number of benzene rings is 2. The van der Waals surface area contributed by atoms with E-state index in [-0.39, 0.29) is 5.82 Å². The molecule has 2 rings (SSSR count). The lowest BCUT2D eigenvalue weighted by Gasteiger charge is -2.13. The lowest BCUT2D eigenvalue weighted by atomic mass is 9.99. The highest BCUT2D eigenvalue weighted by Crippen LogP contribution is 2.34. The zero-order chi connectivity index (χ0) is 13.8. The molecule has 0 unspecified atom stereocenters. The molecule has 0 saturated heterocycles. The summed E-state index contributed by atoms with van der Waals surface area (Å²) in [4.78, 5) is 0. The number of aryl methyl sites for hydroxylation is 1. The Bertz CT molecular complexity index is 608. The average Bonchev–Trinajstić information content (AvgIpc) is 2.40. The lowest BCUT2D eigenvalue weighted by molar-refractivity contribution is 0.237. The van der Waals surface area contributed by atoms with Gasteiger partial charge in [0.15, 0.2) is 0 Å². The smallest absolute Gasteiger partial charge is 0.131 e. The van der Waals surface area contributed by atoms with Gasteiger partial charge in [0, 0.05) is 16.7 Å². The first-order valence-corrected chi connectivity index (χ1v) is 6.28. The minimum Gasteiger partial charge on any atom is -0.497 e. The van der Waals surface area contributed by atoms with Crippen LogP contribution in [0.1, 0.15) is 11.1 Å². The minimum absolute atomic E-state index is 0.288. The van der Waals surface area contributed by atoms with Crippen molar-refractivity contribution in [2.45, 2.75) is 13.5 Å². The van der Waals surface area contributed by atoms with E-state index >= 15 is 0 Å². The van der Waals surface area contributed by atoms with E-state index in [2.05, 4.69) is 6.58 Å². The van der Waals surface area contributed by atoms with Crippen molar-refractivity contribution in [2.24, 2.45) is 0 Å². The van der Waals surface area contributed by atoms with Crippen molar-refractivity contribution in [3.05, 3.63) is 71.2 Å². The van der Waals surface area contributed by atoms with Crippen LogP contribution in [0.15, 0.2) is 49.2 Å². The number of ether oxygens (including phenoxy) is 1. The topological polar surface area (TPSA) is 9.23 Å². The fraction of sp³-hybridized carbons (Fsp3) is 0.125. The molecule has 0 aliphatic carbocycles. The van der Waals surface area contributed by atoms with E-state index < -0.39 is 0 Å². The van der Waals surface area contributed by atoms with Crippen LogP contribution in [0.25, 0.3) is 11.1 Å². The van der Waals surface area contributed by atoms with Crippen LogP contribution in [0.5, 0.6) is 0 Å². The highest BCUT2D eigenvalue weighted by atomic mass is 35.5. The molecule has 0 spiro atoms. The minimum atomic E-state index is -0.288. The molecule has 0 amide bonds. The molecule has 98 valence electrons. The van der Waals surface area contributed by atoms with Gasteiger partial charge in [-0.25, -0.2) is 4.39 Å². The van der Waals surface area contributed by atoms with Crippen molar-refractivity contribution in [1.82, 2.24) is 0 Å². The van der Waals surface area contributed by atoms with Gasteiger partial charge in [-0.15, -0.1) is 0 Å². The van der Waals surface area contributed by atoms with Crippen LogP contribution in [0, 0.1) is 12.7 Å². The highest BCUT2D eigenvalue weighted by Gasteiger charge is 2.13. The summed E-state index contributed by atoms with van der Waals surface area (Å²) in [6.45, 7) is 5.78. The van der Waals surface area contributed by atoms with Crippen molar-refractivity contribution in [3.63, 3.8) is 0 Å². The molecule has 3 heteroatoms. The normalized spacial score (nSPS) is 10.3. The quantitative estimate of drug-likeness (QED) is 0.705. The fourth-order valence-corrected chi connectivity index (χ4v) is 2.29. The third-order valence-electron chi connectivity index (χ3n) is 2.99. The Morgan fingerprint density at radius 1 is 1.21 bits per heavy atom. The van der Waals surface area contributed by atoms with Crippen LogP contribution in [-0.2, 0) is 11.3 Å². The number of halogens is 2. The van der Waals surface area contributed by atoms with E-state index in [9.17, 15) is 4.39 Å². The zero-order valence-electron chi connectivity index (χ0n) is 10.6. The highest BCUT2D eigenvalue weighted by molar-refractivity contribution is 6.34. The van der Waals surface area contributed by atoms with Gasteiger partial charge in [0.25, 0.3) is 0 Å². The third-order valence-corrected chi connectivity index (χ3v) is 3.42. The van der Waals surface area contributed by atoms with Gasteiger partial charge in [0.05, 0.1) is 11.3 Å². The predicted molar refractivity (Wildman–Crippen MR) is 76.6 cm³/mol. The van der Waals surface area contributed by atoms with E-state index in [4.69, 9.17) is 16.3 Å². The van der Waals surface area contributed by atoms with Gasteiger partial charge in [-0.2, -0.15) is 0 Å². The molecule has 0 fully saturated rings. The maximum absolute atomic E-state index is 13.8. The average molecular weight is 277 g/mol. The van der Waals surface area contributed by atoms with Gasteiger partial charge >= 0.3 is 0 Å². The molecule has 0 aliphatic rings. The third kappa shape index (κ3) is 2.79. The SMILES string of the molecule is C=COCc1c(C)ccc(-c2ccccc2F)c1Cl. The molecule has 0 aromatic heterocycles. The predicted octanol–water partition coefficient (Wildman–Crippen LogP) is 5.11. The summed E-state index contributed by atoms with van der Waals surface area (Å²) in [5.41, 5.74) is 3.02. The second-order valence-electron chi connectivity index (χ2n) is 4.18. The Balaban J connectivity index is 2.54. The van der Waals surface area contributed by atoms with Crippen LogP contribution in [-0.4, -0.2) is 0 Å². The second-order valence-corrected chi connectivity index (χ2v) is 4.56. The molecule has 19 heavy (non-hydrogen) atoms. The van der Waals surface area contributed by atoms with Crippen molar-refractivity contribution in [2.75, 3.05) is 0 Å². The van der Waals surface area contributed by atoms with Crippen molar-refractivity contribution in [3.8, 4) is 11.1 Å². The summed E-state index contributed by atoms with van der Waals surface area (Å²) in [5, 5.41) is 0.520. The van der Waals surface area contributed by atoms with Crippen molar-refractivity contribution in [1.29, 1.82) is 0 Å². The first kappa shape index (κ1) is 13.6. The Labute approximate surface area is 117 Å². The fourth-order valence-electron chi connectivity index (χ4n) is 1.92. The molecular weight excluding hydrogens is 263 g/mol. The van der Waals surface area contributed by atoms with E-state index in [1.165, 1.54) is 12.3 Å². The van der Waals surface area contributed by atoms with E-state index in [0.717, 1.165) is 11.1 Å². The molecule has 0 aliphatic heterocycles. The van der Waals surface area contributed by atoms with Crippen LogP contribution >= 0.6 is 11.6 Å². The number of hydrogen-bond donors (Lipinski definition) is 0. The monoisotopic (exact) mass is 276 g/mol. The molecule has 0 atom stereocenters. The molecule has 1 nitrogen and oxygen atoms in total. The van der Waals surface area contributed by atoms with E-state index in [1.807, 2.05) is 19.1 Å². The van der Waals surface area contributed by atoms with Crippen molar-refractivity contribution < 1.29 is 9.13 Å². The Morgan fingerprint density at radius 3 is 2.63 bits per heavy atom. The van der Waals surface area contributed by atoms with Crippen LogP contribution in [0.4, 0.5) is 4.39 Å². The van der Waals surface area contributed by atoms with Crippen LogP contribution < -0.4 is 0 Å². The second kappa shape index (κ2) is 5.89.